The van der Waals surface area contributed by atoms with E-state index in [2.05, 4.69) is 10.1 Å². The van der Waals surface area contributed by atoms with Crippen LogP contribution in [0.4, 0.5) is 14.9 Å². The van der Waals surface area contributed by atoms with Gasteiger partial charge in [-0.1, -0.05) is 11.2 Å². The maximum atomic E-state index is 14.8. The fourth-order valence-electron chi connectivity index (χ4n) is 2.83. The molecule has 0 radical (unpaired) electrons. The van der Waals surface area contributed by atoms with Crippen molar-refractivity contribution in [1.29, 1.82) is 0 Å². The molecule has 1 aliphatic rings. The lowest BCUT2D eigenvalue weighted by Gasteiger charge is -2.29. The van der Waals surface area contributed by atoms with Crippen LogP contribution in [0.15, 0.2) is 41.7 Å². The van der Waals surface area contributed by atoms with E-state index in [1.165, 1.54) is 41.1 Å². The summed E-state index contributed by atoms with van der Waals surface area (Å²) >= 11 is 0. The first kappa shape index (κ1) is 19.1. The summed E-state index contributed by atoms with van der Waals surface area (Å²) in [7, 11) is 1.54. The number of amidine groups is 1. The molecule has 0 unspecified atom stereocenters. The molecule has 3 N–H and O–H groups in total. The number of pyridine rings is 1. The molecule has 0 saturated carbocycles. The summed E-state index contributed by atoms with van der Waals surface area (Å²) in [6.07, 6.45) is 0.0778. The van der Waals surface area contributed by atoms with Crippen molar-refractivity contribution in [3.8, 4) is 11.1 Å². The lowest BCUT2D eigenvalue weighted by Crippen LogP contribution is -2.47. The van der Waals surface area contributed by atoms with Gasteiger partial charge in [0.25, 0.3) is 0 Å². The van der Waals surface area contributed by atoms with Crippen molar-refractivity contribution in [1.82, 2.24) is 9.88 Å². The molecule has 1 aromatic carbocycles. The molecular formula is C18H18FN5O4. The second-order valence-corrected chi connectivity index (χ2v) is 6.14. The SMILES string of the molecule is CC(=O)N(C)[C@@H]1COC(=O)N1c1ccc(-c2ccc(C(N)=NO)nc2)c(F)c1. The number of benzene rings is 1. The third-order valence-electron chi connectivity index (χ3n) is 4.47. The van der Waals surface area contributed by atoms with Crippen LogP contribution in [0.3, 0.4) is 0 Å². The fraction of sp³-hybridized carbons (Fsp3) is 0.222. The number of nitrogens with zero attached hydrogens (tertiary/aromatic N) is 4. The molecule has 146 valence electrons. The number of aromatic nitrogens is 1. The van der Waals surface area contributed by atoms with E-state index in [0.29, 0.717) is 5.56 Å². The van der Waals surface area contributed by atoms with Gasteiger partial charge in [-0.05, 0) is 24.3 Å². The summed E-state index contributed by atoms with van der Waals surface area (Å²) < 4.78 is 19.8. The van der Waals surface area contributed by atoms with Crippen LogP contribution in [0.1, 0.15) is 12.6 Å². The Balaban J connectivity index is 1.92. The molecule has 2 heterocycles. The van der Waals surface area contributed by atoms with E-state index >= 15 is 0 Å². The number of rotatable bonds is 4. The zero-order valence-electron chi connectivity index (χ0n) is 15.2. The molecule has 3 rings (SSSR count). The van der Waals surface area contributed by atoms with Crippen LogP contribution >= 0.6 is 0 Å². The van der Waals surface area contributed by atoms with Gasteiger partial charge >= 0.3 is 6.09 Å². The van der Waals surface area contributed by atoms with Crippen LogP contribution in [0.5, 0.6) is 0 Å². The number of nitrogens with two attached hydrogens (primary N) is 1. The van der Waals surface area contributed by atoms with Gasteiger partial charge in [-0.2, -0.15) is 0 Å². The largest absolute Gasteiger partial charge is 0.445 e. The number of ether oxygens (including phenoxy) is 1. The molecule has 1 fully saturated rings. The van der Waals surface area contributed by atoms with Crippen molar-refractivity contribution in [3.63, 3.8) is 0 Å². The predicted molar refractivity (Wildman–Crippen MR) is 98.2 cm³/mol. The van der Waals surface area contributed by atoms with Crippen LogP contribution in [-0.4, -0.2) is 52.7 Å². The molecule has 1 aromatic heterocycles. The molecule has 1 atom stereocenters. The highest BCUT2D eigenvalue weighted by molar-refractivity contribution is 5.95. The quantitative estimate of drug-likeness (QED) is 0.357. The van der Waals surface area contributed by atoms with E-state index in [0.717, 1.165) is 0 Å². The Labute approximate surface area is 159 Å². The fourth-order valence-corrected chi connectivity index (χ4v) is 2.83. The highest BCUT2D eigenvalue weighted by Gasteiger charge is 2.38. The van der Waals surface area contributed by atoms with Crippen LogP contribution in [0.25, 0.3) is 11.1 Å². The first-order valence-corrected chi connectivity index (χ1v) is 8.26. The van der Waals surface area contributed by atoms with Gasteiger partial charge in [0.1, 0.15) is 24.3 Å². The number of amides is 2. The molecule has 1 aliphatic heterocycles. The maximum Gasteiger partial charge on any atom is 0.416 e. The zero-order chi connectivity index (χ0) is 20.4. The van der Waals surface area contributed by atoms with E-state index in [4.69, 9.17) is 15.7 Å². The monoisotopic (exact) mass is 387 g/mol. The molecule has 1 saturated heterocycles. The van der Waals surface area contributed by atoms with Gasteiger partial charge in [-0.3, -0.25) is 14.7 Å². The summed E-state index contributed by atoms with van der Waals surface area (Å²) in [5.74, 6) is -0.988. The standard InChI is InChI=1S/C18H18FN5O4/c1-10(25)23(2)16-9-28-18(26)24(16)12-4-5-13(14(19)7-12)11-3-6-15(21-8-11)17(20)22-27/h3-8,16,27H,9H2,1-2H3,(H2,20,22)/t16-/m0/s1. The third kappa shape index (κ3) is 3.43. The molecule has 9 nitrogen and oxygen atoms in total. The summed E-state index contributed by atoms with van der Waals surface area (Å²) in [6.45, 7) is 1.37. The summed E-state index contributed by atoms with van der Waals surface area (Å²) in [6, 6.07) is 7.33. The van der Waals surface area contributed by atoms with Crippen LogP contribution in [0.2, 0.25) is 0 Å². The first-order chi connectivity index (χ1) is 13.3. The van der Waals surface area contributed by atoms with Gasteiger partial charge in [0.2, 0.25) is 5.91 Å². The molecule has 28 heavy (non-hydrogen) atoms. The highest BCUT2D eigenvalue weighted by atomic mass is 19.1. The Kier molecular flexibility index (Phi) is 5.12. The lowest BCUT2D eigenvalue weighted by atomic mass is 10.1. The van der Waals surface area contributed by atoms with Gasteiger partial charge in [-0.25, -0.2) is 9.18 Å². The molecular weight excluding hydrogens is 369 g/mol. The van der Waals surface area contributed by atoms with Crippen LogP contribution in [-0.2, 0) is 9.53 Å². The molecule has 0 spiro atoms. The summed E-state index contributed by atoms with van der Waals surface area (Å²) in [4.78, 5) is 30.3. The topological polar surface area (TPSA) is 121 Å². The smallest absolute Gasteiger partial charge is 0.416 e. The van der Waals surface area contributed by atoms with Gasteiger partial charge < -0.3 is 20.6 Å². The average Bonchev–Trinajstić information content (AvgIpc) is 3.08. The van der Waals surface area contributed by atoms with Crippen molar-refractivity contribution >= 4 is 23.5 Å². The Morgan fingerprint density at radius 2 is 2.18 bits per heavy atom. The Hall–Kier alpha value is -3.69. The minimum absolute atomic E-state index is 0.00248. The van der Waals surface area contributed by atoms with Crippen molar-refractivity contribution in [2.75, 3.05) is 18.6 Å². The maximum absolute atomic E-state index is 14.8. The Morgan fingerprint density at radius 3 is 2.75 bits per heavy atom. The number of hydrogen-bond acceptors (Lipinski definition) is 6. The second-order valence-electron chi connectivity index (χ2n) is 6.14. The van der Waals surface area contributed by atoms with E-state index in [-0.39, 0.29) is 35.3 Å². The normalized spacial score (nSPS) is 16.8. The third-order valence-corrected chi connectivity index (χ3v) is 4.47. The lowest BCUT2D eigenvalue weighted by molar-refractivity contribution is -0.129. The predicted octanol–water partition coefficient (Wildman–Crippen LogP) is 1.74. The summed E-state index contributed by atoms with van der Waals surface area (Å²) in [5, 5.41) is 11.5. The molecule has 0 bridgehead atoms. The first-order valence-electron chi connectivity index (χ1n) is 8.26. The number of likely N-dealkylation sites (N-methyl/N-ethyl adjacent to an activating group) is 1. The highest BCUT2D eigenvalue weighted by Crippen LogP contribution is 2.30. The second kappa shape index (κ2) is 7.51. The van der Waals surface area contributed by atoms with Crippen molar-refractivity contribution < 1.29 is 23.9 Å². The van der Waals surface area contributed by atoms with Crippen molar-refractivity contribution in [2.45, 2.75) is 13.1 Å². The zero-order valence-corrected chi connectivity index (χ0v) is 15.2. The van der Waals surface area contributed by atoms with Gasteiger partial charge in [0.15, 0.2) is 5.84 Å². The van der Waals surface area contributed by atoms with E-state index in [1.54, 1.807) is 19.2 Å². The average molecular weight is 387 g/mol. The number of halogens is 1. The van der Waals surface area contributed by atoms with Gasteiger partial charge in [0.05, 0.1) is 5.69 Å². The molecule has 2 aromatic rings. The van der Waals surface area contributed by atoms with E-state index < -0.39 is 18.1 Å². The number of oxime groups is 1. The number of hydrogen-bond donors (Lipinski definition) is 2. The minimum Gasteiger partial charge on any atom is -0.445 e. The van der Waals surface area contributed by atoms with Gasteiger partial charge in [0, 0.05) is 31.3 Å². The number of cyclic esters (lactones) is 1. The number of anilines is 1. The van der Waals surface area contributed by atoms with Crippen LogP contribution < -0.4 is 10.6 Å². The number of carbonyl (C=O) groups is 2. The van der Waals surface area contributed by atoms with E-state index in [1.807, 2.05) is 0 Å². The van der Waals surface area contributed by atoms with E-state index in [9.17, 15) is 14.0 Å². The summed E-state index contributed by atoms with van der Waals surface area (Å²) in [5.41, 5.74) is 6.70. The molecule has 2 amide bonds. The van der Waals surface area contributed by atoms with Crippen molar-refractivity contribution in [2.24, 2.45) is 10.9 Å². The van der Waals surface area contributed by atoms with Crippen molar-refractivity contribution in [3.05, 3.63) is 48.0 Å². The molecule has 0 aliphatic carbocycles. The Bertz CT molecular complexity index is 947. The Morgan fingerprint density at radius 1 is 1.43 bits per heavy atom. The minimum atomic E-state index is -0.657. The number of carbonyl (C=O) groups excluding carboxylic acids is 2. The molecule has 10 heteroatoms. The van der Waals surface area contributed by atoms with Gasteiger partial charge in [-0.15, -0.1) is 0 Å². The van der Waals surface area contributed by atoms with Crippen LogP contribution in [0, 0.1) is 5.82 Å².